The maximum atomic E-state index is 12.5. The molecule has 1 aliphatic carbocycles. The topological polar surface area (TPSA) is 61.8 Å². The lowest BCUT2D eigenvalue weighted by molar-refractivity contribution is -0.0862. The molecule has 0 bridgehead atoms. The Morgan fingerprint density at radius 1 is 1.39 bits per heavy atom. The number of nitrogens with zero attached hydrogens (tertiary/aromatic N) is 1. The molecule has 0 aromatic carbocycles. The average molecular weight is 275 g/mol. The summed E-state index contributed by atoms with van der Waals surface area (Å²) in [6.45, 7) is 0. The van der Waals surface area contributed by atoms with Crippen molar-refractivity contribution in [3.05, 3.63) is 23.0 Å². The van der Waals surface area contributed by atoms with Gasteiger partial charge in [0.1, 0.15) is 10.6 Å². The van der Waals surface area contributed by atoms with Crippen LogP contribution in [0, 0.1) is 11.3 Å². The highest BCUT2D eigenvalue weighted by molar-refractivity contribution is 7.80. The summed E-state index contributed by atoms with van der Waals surface area (Å²) in [5.74, 6) is 0. The third-order valence-corrected chi connectivity index (χ3v) is 2.78. The zero-order valence-corrected chi connectivity index (χ0v) is 10.3. The van der Waals surface area contributed by atoms with E-state index in [9.17, 15) is 13.2 Å². The fourth-order valence-corrected chi connectivity index (χ4v) is 1.81. The van der Waals surface area contributed by atoms with Crippen LogP contribution < -0.4 is 11.1 Å². The summed E-state index contributed by atoms with van der Waals surface area (Å²) in [7, 11) is 0. The van der Waals surface area contributed by atoms with Gasteiger partial charge in [0, 0.05) is 17.5 Å². The van der Waals surface area contributed by atoms with E-state index in [1.807, 2.05) is 6.07 Å². The lowest BCUT2D eigenvalue weighted by atomic mass is 9.97. The minimum atomic E-state index is -4.60. The van der Waals surface area contributed by atoms with Crippen LogP contribution in [0.25, 0.3) is 0 Å². The number of hydrogen-bond donors (Lipinski definition) is 2. The van der Waals surface area contributed by atoms with Crippen LogP contribution >= 0.6 is 12.2 Å². The van der Waals surface area contributed by atoms with Gasteiger partial charge in [-0.1, -0.05) is 12.2 Å². The van der Waals surface area contributed by atoms with Crippen molar-refractivity contribution in [2.24, 2.45) is 5.73 Å². The second kappa shape index (κ2) is 5.87. The summed E-state index contributed by atoms with van der Waals surface area (Å²) in [4.78, 5) is -0.718. The zero-order chi connectivity index (χ0) is 13.8. The van der Waals surface area contributed by atoms with Gasteiger partial charge in [-0.25, -0.2) is 0 Å². The van der Waals surface area contributed by atoms with E-state index in [0.29, 0.717) is 24.1 Å². The molecule has 7 heteroatoms. The van der Waals surface area contributed by atoms with Crippen molar-refractivity contribution in [1.82, 2.24) is 5.32 Å². The Balaban J connectivity index is 2.93. The number of rotatable bonds is 3. The first-order valence-corrected chi connectivity index (χ1v) is 5.73. The molecular weight excluding hydrogens is 263 g/mol. The molecule has 0 aromatic rings. The van der Waals surface area contributed by atoms with Gasteiger partial charge in [0.25, 0.3) is 0 Å². The second-order valence-corrected chi connectivity index (χ2v) is 4.28. The lowest BCUT2D eigenvalue weighted by Gasteiger charge is -2.17. The number of halogens is 3. The minimum absolute atomic E-state index is 0.488. The van der Waals surface area contributed by atoms with Crippen molar-refractivity contribution >= 4 is 17.2 Å². The number of thiocarbonyl (C=S) groups is 1. The Labute approximate surface area is 108 Å². The highest BCUT2D eigenvalue weighted by atomic mass is 32.1. The standard InChI is InChI=1S/C11H12F3N3S/c12-11(13,14)8(10(16)18)6-17-9-4-2-1-3-7(9)5-15/h6,17H,1-4H2,(H2,16,18)/b8-6+. The molecule has 0 spiro atoms. The molecule has 0 aromatic heterocycles. The molecule has 1 aliphatic rings. The van der Waals surface area contributed by atoms with E-state index in [4.69, 9.17) is 11.0 Å². The first kappa shape index (κ1) is 14.5. The third kappa shape index (κ3) is 3.74. The predicted octanol–water partition coefficient (Wildman–Crippen LogP) is 2.66. The number of hydrogen-bond acceptors (Lipinski definition) is 3. The predicted molar refractivity (Wildman–Crippen MR) is 65.2 cm³/mol. The number of nitrogens with one attached hydrogen (secondary N) is 1. The molecule has 3 N–H and O–H groups in total. The van der Waals surface area contributed by atoms with E-state index < -0.39 is 16.7 Å². The molecule has 0 saturated carbocycles. The molecule has 0 radical (unpaired) electrons. The molecule has 3 nitrogen and oxygen atoms in total. The van der Waals surface area contributed by atoms with Gasteiger partial charge in [0.2, 0.25) is 0 Å². The van der Waals surface area contributed by atoms with Gasteiger partial charge >= 0.3 is 6.18 Å². The normalized spacial score (nSPS) is 17.3. The third-order valence-electron chi connectivity index (χ3n) is 2.56. The first-order valence-electron chi connectivity index (χ1n) is 5.32. The van der Waals surface area contributed by atoms with Gasteiger partial charge in [-0.05, 0) is 25.7 Å². The Hall–Kier alpha value is -1.55. The van der Waals surface area contributed by atoms with Crippen molar-refractivity contribution in [2.45, 2.75) is 31.9 Å². The SMILES string of the molecule is N#CC1=C(N/C=C(\C(N)=S)C(F)(F)F)CCCC1. The van der Waals surface area contributed by atoms with E-state index in [2.05, 4.69) is 17.5 Å². The molecule has 98 valence electrons. The van der Waals surface area contributed by atoms with Crippen LogP contribution in [-0.2, 0) is 0 Å². The summed E-state index contributed by atoms with van der Waals surface area (Å²) < 4.78 is 37.6. The Morgan fingerprint density at radius 2 is 2.00 bits per heavy atom. The first-order chi connectivity index (χ1) is 8.36. The van der Waals surface area contributed by atoms with Crippen molar-refractivity contribution in [1.29, 1.82) is 5.26 Å². The largest absolute Gasteiger partial charge is 0.420 e. The van der Waals surface area contributed by atoms with E-state index >= 15 is 0 Å². The molecule has 0 amide bonds. The maximum absolute atomic E-state index is 12.5. The minimum Gasteiger partial charge on any atom is -0.389 e. The van der Waals surface area contributed by atoms with Crippen molar-refractivity contribution in [2.75, 3.05) is 0 Å². The summed E-state index contributed by atoms with van der Waals surface area (Å²) in [6, 6.07) is 1.99. The molecule has 0 saturated heterocycles. The van der Waals surface area contributed by atoms with Gasteiger partial charge in [0.15, 0.2) is 0 Å². The van der Waals surface area contributed by atoms with Crippen LogP contribution in [0.3, 0.4) is 0 Å². The summed E-state index contributed by atoms with van der Waals surface area (Å²) in [5, 5.41) is 11.4. The lowest BCUT2D eigenvalue weighted by Crippen LogP contribution is -2.27. The zero-order valence-electron chi connectivity index (χ0n) is 9.47. The van der Waals surface area contributed by atoms with Gasteiger partial charge in [-0.3, -0.25) is 0 Å². The smallest absolute Gasteiger partial charge is 0.389 e. The Kier molecular flexibility index (Phi) is 4.73. The highest BCUT2D eigenvalue weighted by Crippen LogP contribution is 2.26. The quantitative estimate of drug-likeness (QED) is 0.614. The Bertz CT molecular complexity index is 443. The van der Waals surface area contributed by atoms with Gasteiger partial charge in [-0.15, -0.1) is 0 Å². The Morgan fingerprint density at radius 3 is 2.50 bits per heavy atom. The molecule has 0 heterocycles. The molecular formula is C11H12F3N3S. The monoisotopic (exact) mass is 275 g/mol. The van der Waals surface area contributed by atoms with Crippen LogP contribution in [0.5, 0.6) is 0 Å². The van der Waals surface area contributed by atoms with E-state index in [1.165, 1.54) is 0 Å². The molecule has 18 heavy (non-hydrogen) atoms. The fraction of sp³-hybridized carbons (Fsp3) is 0.455. The fourth-order valence-electron chi connectivity index (χ4n) is 1.64. The van der Waals surface area contributed by atoms with E-state index in [-0.39, 0.29) is 0 Å². The molecule has 0 fully saturated rings. The van der Waals surface area contributed by atoms with Gasteiger partial charge in [-0.2, -0.15) is 18.4 Å². The maximum Gasteiger partial charge on any atom is 0.420 e. The molecule has 0 unspecified atom stereocenters. The number of nitrogens with two attached hydrogens (primary N) is 1. The van der Waals surface area contributed by atoms with Crippen LogP contribution in [0.4, 0.5) is 13.2 Å². The van der Waals surface area contributed by atoms with Crippen LogP contribution in [0.2, 0.25) is 0 Å². The van der Waals surface area contributed by atoms with Crippen LogP contribution in [-0.4, -0.2) is 11.2 Å². The molecule has 0 aliphatic heterocycles. The summed E-state index contributed by atoms with van der Waals surface area (Å²) >= 11 is 4.36. The highest BCUT2D eigenvalue weighted by Gasteiger charge is 2.35. The summed E-state index contributed by atoms with van der Waals surface area (Å²) in [6.07, 6.45) is -1.00. The average Bonchev–Trinajstić information content (AvgIpc) is 2.27. The summed E-state index contributed by atoms with van der Waals surface area (Å²) in [5.41, 5.74) is 4.94. The number of nitriles is 1. The van der Waals surface area contributed by atoms with Crippen molar-refractivity contribution < 1.29 is 13.2 Å². The van der Waals surface area contributed by atoms with Gasteiger partial charge < -0.3 is 11.1 Å². The van der Waals surface area contributed by atoms with Crippen molar-refractivity contribution in [3.8, 4) is 6.07 Å². The van der Waals surface area contributed by atoms with Crippen LogP contribution in [0.1, 0.15) is 25.7 Å². The van der Waals surface area contributed by atoms with Crippen LogP contribution in [0.15, 0.2) is 23.0 Å². The van der Waals surface area contributed by atoms with Gasteiger partial charge in [0.05, 0.1) is 6.07 Å². The van der Waals surface area contributed by atoms with E-state index in [1.54, 1.807) is 0 Å². The molecule has 0 atom stereocenters. The number of allylic oxidation sites excluding steroid dienone is 2. The number of alkyl halides is 3. The van der Waals surface area contributed by atoms with E-state index in [0.717, 1.165) is 19.0 Å². The van der Waals surface area contributed by atoms with Crippen molar-refractivity contribution in [3.63, 3.8) is 0 Å². The molecule has 1 rings (SSSR count). The second-order valence-electron chi connectivity index (χ2n) is 3.84.